The first-order chi connectivity index (χ1) is 11.6. The number of nitrogens with zero attached hydrogens (tertiary/aromatic N) is 2. The van der Waals surface area contributed by atoms with Crippen LogP contribution in [0.1, 0.15) is 6.42 Å². The van der Waals surface area contributed by atoms with Gasteiger partial charge in [0.25, 0.3) is 5.69 Å². The van der Waals surface area contributed by atoms with Crippen LogP contribution in [-0.2, 0) is 4.79 Å². The van der Waals surface area contributed by atoms with Crippen molar-refractivity contribution in [2.24, 2.45) is 0 Å². The van der Waals surface area contributed by atoms with Crippen LogP contribution < -0.4 is 5.32 Å². The fourth-order valence-corrected chi connectivity index (χ4v) is 3.83. The third kappa shape index (κ3) is 4.09. The standard InChI is InChI=1S/C16H13N3O3S2/c20-15(8-9-23-12-4-2-1-3-5-12)18-16-17-13-7-6-11(19(21)22)10-14(13)24-16/h1-7,10H,8-9H2,(H,17,18,20). The molecule has 1 heterocycles. The number of thioether (sulfide) groups is 1. The number of nitro benzene ring substituents is 1. The molecule has 3 aromatic rings. The molecule has 0 saturated carbocycles. The predicted octanol–water partition coefficient (Wildman–Crippen LogP) is 4.33. The molecule has 1 N–H and O–H groups in total. The van der Waals surface area contributed by atoms with Crippen molar-refractivity contribution in [2.45, 2.75) is 11.3 Å². The Bertz CT molecular complexity index is 881. The molecule has 24 heavy (non-hydrogen) atoms. The third-order valence-electron chi connectivity index (χ3n) is 3.17. The van der Waals surface area contributed by atoms with Gasteiger partial charge in [0.2, 0.25) is 5.91 Å². The first-order valence-electron chi connectivity index (χ1n) is 7.14. The molecule has 0 unspecified atom stereocenters. The van der Waals surface area contributed by atoms with Gasteiger partial charge in [-0.2, -0.15) is 0 Å². The van der Waals surface area contributed by atoms with Crippen molar-refractivity contribution in [3.05, 3.63) is 58.6 Å². The summed E-state index contributed by atoms with van der Waals surface area (Å²) in [5.74, 6) is 0.554. The van der Waals surface area contributed by atoms with E-state index < -0.39 is 4.92 Å². The molecule has 0 atom stereocenters. The van der Waals surface area contributed by atoms with E-state index in [1.54, 1.807) is 17.8 Å². The molecule has 0 radical (unpaired) electrons. The summed E-state index contributed by atoms with van der Waals surface area (Å²) in [6.45, 7) is 0. The number of fused-ring (bicyclic) bond motifs is 1. The predicted molar refractivity (Wildman–Crippen MR) is 96.7 cm³/mol. The number of amides is 1. The molecule has 0 bridgehead atoms. The van der Waals surface area contributed by atoms with E-state index in [-0.39, 0.29) is 11.6 Å². The summed E-state index contributed by atoms with van der Waals surface area (Å²) in [6.07, 6.45) is 0.371. The van der Waals surface area contributed by atoms with Gasteiger partial charge < -0.3 is 5.32 Å². The minimum Gasteiger partial charge on any atom is -0.302 e. The molecule has 0 aliphatic carbocycles. The molecule has 0 aliphatic rings. The Morgan fingerprint density at radius 2 is 2.04 bits per heavy atom. The lowest BCUT2D eigenvalue weighted by molar-refractivity contribution is -0.384. The normalized spacial score (nSPS) is 10.7. The Kier molecular flexibility index (Phi) is 5.07. The van der Waals surface area contributed by atoms with E-state index in [2.05, 4.69) is 10.3 Å². The van der Waals surface area contributed by atoms with Gasteiger partial charge in [0.15, 0.2) is 5.13 Å². The van der Waals surface area contributed by atoms with E-state index >= 15 is 0 Å². The summed E-state index contributed by atoms with van der Waals surface area (Å²) in [7, 11) is 0. The number of non-ortho nitro benzene ring substituents is 1. The lowest BCUT2D eigenvalue weighted by atomic mass is 10.3. The molecule has 1 aromatic heterocycles. The van der Waals surface area contributed by atoms with Gasteiger partial charge in [-0.15, -0.1) is 11.8 Å². The maximum Gasteiger partial charge on any atom is 0.270 e. The minimum atomic E-state index is -0.446. The van der Waals surface area contributed by atoms with Crippen molar-refractivity contribution in [3.8, 4) is 0 Å². The number of hydrogen-bond donors (Lipinski definition) is 1. The van der Waals surface area contributed by atoms with Crippen molar-refractivity contribution in [1.29, 1.82) is 0 Å². The monoisotopic (exact) mass is 359 g/mol. The van der Waals surface area contributed by atoms with Crippen molar-refractivity contribution >= 4 is 50.0 Å². The highest BCUT2D eigenvalue weighted by Crippen LogP contribution is 2.29. The van der Waals surface area contributed by atoms with Crippen molar-refractivity contribution < 1.29 is 9.72 Å². The van der Waals surface area contributed by atoms with Crippen LogP contribution >= 0.6 is 23.1 Å². The van der Waals surface area contributed by atoms with Crippen molar-refractivity contribution in [2.75, 3.05) is 11.1 Å². The Hall–Kier alpha value is -2.45. The Morgan fingerprint density at radius 1 is 1.25 bits per heavy atom. The SMILES string of the molecule is O=C(CCSc1ccccc1)Nc1nc2ccc([N+](=O)[O-])cc2s1. The molecule has 0 spiro atoms. The van der Waals surface area contributed by atoms with Crippen molar-refractivity contribution in [1.82, 2.24) is 4.98 Å². The van der Waals surface area contributed by atoms with Gasteiger partial charge in [-0.25, -0.2) is 4.98 Å². The third-order valence-corrected chi connectivity index (χ3v) is 5.12. The molecular formula is C16H13N3O3S2. The summed E-state index contributed by atoms with van der Waals surface area (Å²) >= 11 is 2.85. The number of nitrogens with one attached hydrogen (secondary N) is 1. The number of carbonyl (C=O) groups excluding carboxylic acids is 1. The molecule has 122 valence electrons. The lowest BCUT2D eigenvalue weighted by Gasteiger charge is -2.02. The van der Waals surface area contributed by atoms with Gasteiger partial charge in [-0.05, 0) is 18.2 Å². The van der Waals surface area contributed by atoms with Crippen LogP contribution in [0.3, 0.4) is 0 Å². The van der Waals surface area contributed by atoms with Gasteiger partial charge in [0, 0.05) is 29.2 Å². The molecule has 0 fully saturated rings. The number of nitro groups is 1. The fourth-order valence-electron chi connectivity index (χ4n) is 2.04. The largest absolute Gasteiger partial charge is 0.302 e. The van der Waals surface area contributed by atoms with E-state index in [0.717, 1.165) is 4.90 Å². The first kappa shape index (κ1) is 16.4. The number of carbonyl (C=O) groups is 1. The zero-order valence-electron chi connectivity index (χ0n) is 12.5. The quantitative estimate of drug-likeness (QED) is 0.402. The number of anilines is 1. The maximum atomic E-state index is 12.0. The van der Waals surface area contributed by atoms with Crippen LogP contribution in [0.5, 0.6) is 0 Å². The van der Waals surface area contributed by atoms with Crippen molar-refractivity contribution in [3.63, 3.8) is 0 Å². The highest BCUT2D eigenvalue weighted by Gasteiger charge is 2.12. The minimum absolute atomic E-state index is 0.0169. The second-order valence-corrected chi connectivity index (χ2v) is 7.09. The molecule has 2 aromatic carbocycles. The zero-order valence-corrected chi connectivity index (χ0v) is 14.1. The van der Waals surface area contributed by atoms with Crippen LogP contribution in [-0.4, -0.2) is 21.6 Å². The molecule has 8 heteroatoms. The van der Waals surface area contributed by atoms with Crippen LogP contribution in [0.4, 0.5) is 10.8 Å². The molecular weight excluding hydrogens is 346 g/mol. The average molecular weight is 359 g/mol. The average Bonchev–Trinajstić information content (AvgIpc) is 2.96. The van der Waals surface area contributed by atoms with Gasteiger partial charge in [-0.1, -0.05) is 29.5 Å². The highest BCUT2D eigenvalue weighted by molar-refractivity contribution is 7.99. The number of aromatic nitrogens is 1. The van der Waals surface area contributed by atoms with E-state index in [9.17, 15) is 14.9 Å². The number of hydrogen-bond acceptors (Lipinski definition) is 6. The summed E-state index contributed by atoms with van der Waals surface area (Å²) in [6, 6.07) is 14.3. The first-order valence-corrected chi connectivity index (χ1v) is 8.95. The van der Waals surface area contributed by atoms with Crippen LogP contribution in [0.15, 0.2) is 53.4 Å². The second kappa shape index (κ2) is 7.41. The van der Waals surface area contributed by atoms with Crippen LogP contribution in [0, 0.1) is 10.1 Å². The molecule has 0 saturated heterocycles. The number of benzene rings is 2. The van der Waals surface area contributed by atoms with Gasteiger partial charge in [-0.3, -0.25) is 14.9 Å². The van der Waals surface area contributed by atoms with E-state index in [1.807, 2.05) is 30.3 Å². The number of rotatable bonds is 6. The van der Waals surface area contributed by atoms with Gasteiger partial charge in [0.05, 0.1) is 15.1 Å². The summed E-state index contributed by atoms with van der Waals surface area (Å²) in [4.78, 5) is 27.7. The number of thiazole rings is 1. The topological polar surface area (TPSA) is 85.1 Å². The van der Waals surface area contributed by atoms with Gasteiger partial charge >= 0.3 is 0 Å². The smallest absolute Gasteiger partial charge is 0.270 e. The van der Waals surface area contributed by atoms with Gasteiger partial charge in [0.1, 0.15) is 0 Å². The zero-order chi connectivity index (χ0) is 16.9. The van der Waals surface area contributed by atoms with Crippen LogP contribution in [0.25, 0.3) is 10.2 Å². The fraction of sp³-hybridized carbons (Fsp3) is 0.125. The molecule has 0 aliphatic heterocycles. The molecule has 1 amide bonds. The summed E-state index contributed by atoms with van der Waals surface area (Å²) in [5.41, 5.74) is 0.655. The maximum absolute atomic E-state index is 12.0. The Morgan fingerprint density at radius 3 is 2.79 bits per heavy atom. The Labute approximate surface area is 146 Å². The van der Waals surface area contributed by atoms with E-state index in [4.69, 9.17) is 0 Å². The Balaban J connectivity index is 1.58. The molecule has 6 nitrogen and oxygen atoms in total. The summed E-state index contributed by atoms with van der Waals surface area (Å²) in [5, 5.41) is 14.0. The molecule has 3 rings (SSSR count). The highest BCUT2D eigenvalue weighted by atomic mass is 32.2. The van der Waals surface area contributed by atoms with Crippen LogP contribution in [0.2, 0.25) is 0 Å². The lowest BCUT2D eigenvalue weighted by Crippen LogP contribution is -2.11. The summed E-state index contributed by atoms with van der Waals surface area (Å²) < 4.78 is 0.679. The van der Waals surface area contributed by atoms with E-state index in [0.29, 0.717) is 27.5 Å². The van der Waals surface area contributed by atoms with E-state index in [1.165, 1.54) is 23.5 Å². The second-order valence-electron chi connectivity index (χ2n) is 4.89.